The Morgan fingerprint density at radius 1 is 1.36 bits per heavy atom. The molecule has 2 saturated heterocycles. The maximum Gasteiger partial charge on any atom is 0.254 e. The van der Waals surface area contributed by atoms with Gasteiger partial charge in [0.05, 0.1) is 0 Å². The topological polar surface area (TPSA) is 54.5 Å². The molecule has 2 fully saturated rings. The van der Waals surface area contributed by atoms with Crippen molar-refractivity contribution in [2.45, 2.75) is 32.1 Å². The number of amides is 1. The monoisotopic (exact) mass is 303 g/mol. The molecule has 1 N–H and O–H groups in total. The van der Waals surface area contributed by atoms with Gasteiger partial charge in [-0.1, -0.05) is 0 Å². The van der Waals surface area contributed by atoms with E-state index in [4.69, 9.17) is 4.74 Å². The average molecular weight is 303 g/mol. The highest BCUT2D eigenvalue weighted by molar-refractivity contribution is 5.94. The van der Waals surface area contributed by atoms with Gasteiger partial charge in [-0.05, 0) is 50.2 Å². The average Bonchev–Trinajstić information content (AvgIpc) is 3.10. The first kappa shape index (κ1) is 15.3. The summed E-state index contributed by atoms with van der Waals surface area (Å²) in [5.74, 6) is 1.57. The fraction of sp³-hybridized carbons (Fsp3) is 0.647. The highest BCUT2D eigenvalue weighted by Gasteiger charge is 2.19. The maximum atomic E-state index is 12.4. The molecule has 1 amide bonds. The number of carbonyl (C=O) groups is 1. The molecule has 0 saturated carbocycles. The summed E-state index contributed by atoms with van der Waals surface area (Å²) in [5.41, 5.74) is 0.736. The standard InChI is InChI=1S/C17H25N3O2/c21-17(20-9-1-2-10-20)15-6-8-19-16(12-15)18-7-5-14-4-3-11-22-13-14/h6,8,12,14H,1-5,7,9-11,13H2,(H,18,19). The predicted molar refractivity (Wildman–Crippen MR) is 86.0 cm³/mol. The number of ether oxygens (including phenoxy) is 1. The number of pyridine rings is 1. The lowest BCUT2D eigenvalue weighted by molar-refractivity contribution is 0.0530. The third-order valence-corrected chi connectivity index (χ3v) is 4.51. The van der Waals surface area contributed by atoms with Crippen molar-refractivity contribution < 1.29 is 9.53 Å². The molecule has 1 aromatic heterocycles. The van der Waals surface area contributed by atoms with E-state index in [2.05, 4.69) is 10.3 Å². The van der Waals surface area contributed by atoms with Crippen molar-refractivity contribution in [3.8, 4) is 0 Å². The molecule has 2 aliphatic heterocycles. The number of rotatable bonds is 5. The zero-order chi connectivity index (χ0) is 15.2. The van der Waals surface area contributed by atoms with Crippen LogP contribution in [0, 0.1) is 5.92 Å². The van der Waals surface area contributed by atoms with Crippen molar-refractivity contribution in [3.05, 3.63) is 23.9 Å². The number of hydrogen-bond acceptors (Lipinski definition) is 4. The van der Waals surface area contributed by atoms with E-state index in [9.17, 15) is 4.79 Å². The first-order chi connectivity index (χ1) is 10.8. The number of anilines is 1. The third-order valence-electron chi connectivity index (χ3n) is 4.51. The van der Waals surface area contributed by atoms with Crippen LogP contribution in [0.2, 0.25) is 0 Å². The lowest BCUT2D eigenvalue weighted by Gasteiger charge is -2.22. The third kappa shape index (κ3) is 3.97. The minimum Gasteiger partial charge on any atom is -0.381 e. The SMILES string of the molecule is O=C(c1ccnc(NCCC2CCCOC2)c1)N1CCCC1. The van der Waals surface area contributed by atoms with Crippen LogP contribution in [0.5, 0.6) is 0 Å². The fourth-order valence-electron chi connectivity index (χ4n) is 3.20. The number of carbonyl (C=O) groups excluding carboxylic acids is 1. The minimum absolute atomic E-state index is 0.128. The van der Waals surface area contributed by atoms with Crippen molar-refractivity contribution in [1.29, 1.82) is 0 Å². The zero-order valence-corrected chi connectivity index (χ0v) is 13.1. The Kier molecular flexibility index (Phi) is 5.27. The van der Waals surface area contributed by atoms with Gasteiger partial charge in [-0.25, -0.2) is 4.98 Å². The smallest absolute Gasteiger partial charge is 0.254 e. The zero-order valence-electron chi connectivity index (χ0n) is 13.1. The highest BCUT2D eigenvalue weighted by atomic mass is 16.5. The molecular formula is C17H25N3O2. The number of likely N-dealkylation sites (tertiary alicyclic amines) is 1. The van der Waals surface area contributed by atoms with Gasteiger partial charge in [0.25, 0.3) is 5.91 Å². The van der Waals surface area contributed by atoms with E-state index >= 15 is 0 Å². The molecule has 1 atom stereocenters. The van der Waals surface area contributed by atoms with Crippen molar-refractivity contribution >= 4 is 11.7 Å². The Morgan fingerprint density at radius 2 is 2.23 bits per heavy atom. The van der Waals surface area contributed by atoms with Gasteiger partial charge in [0, 0.05) is 44.6 Å². The maximum absolute atomic E-state index is 12.4. The van der Waals surface area contributed by atoms with Gasteiger partial charge in [-0.15, -0.1) is 0 Å². The van der Waals surface area contributed by atoms with E-state index in [1.807, 2.05) is 11.0 Å². The summed E-state index contributed by atoms with van der Waals surface area (Å²) in [4.78, 5) is 18.6. The molecule has 120 valence electrons. The molecule has 0 aliphatic carbocycles. The number of nitrogens with one attached hydrogen (secondary N) is 1. The van der Waals surface area contributed by atoms with Gasteiger partial charge in [0.1, 0.15) is 5.82 Å². The molecule has 5 heteroatoms. The molecule has 3 rings (SSSR count). The van der Waals surface area contributed by atoms with Crippen LogP contribution >= 0.6 is 0 Å². The largest absolute Gasteiger partial charge is 0.381 e. The Labute approximate surface area is 132 Å². The van der Waals surface area contributed by atoms with Crippen LogP contribution < -0.4 is 5.32 Å². The van der Waals surface area contributed by atoms with Gasteiger partial charge in [-0.2, -0.15) is 0 Å². The molecule has 0 bridgehead atoms. The second-order valence-electron chi connectivity index (χ2n) is 6.23. The van der Waals surface area contributed by atoms with E-state index in [0.717, 1.165) is 63.5 Å². The molecule has 0 spiro atoms. The summed E-state index contributed by atoms with van der Waals surface area (Å²) in [5, 5.41) is 3.34. The second kappa shape index (κ2) is 7.58. The van der Waals surface area contributed by atoms with Gasteiger partial charge in [0.15, 0.2) is 0 Å². The number of nitrogens with zero attached hydrogens (tertiary/aromatic N) is 2. The van der Waals surface area contributed by atoms with Gasteiger partial charge in [-0.3, -0.25) is 4.79 Å². The molecule has 2 aliphatic rings. The summed E-state index contributed by atoms with van der Waals surface area (Å²) < 4.78 is 5.50. The van der Waals surface area contributed by atoms with E-state index in [1.54, 1.807) is 12.3 Å². The second-order valence-corrected chi connectivity index (χ2v) is 6.23. The van der Waals surface area contributed by atoms with E-state index in [-0.39, 0.29) is 5.91 Å². The van der Waals surface area contributed by atoms with Crippen LogP contribution in [0.3, 0.4) is 0 Å². The molecule has 1 aromatic rings. The van der Waals surface area contributed by atoms with Crippen LogP contribution in [0.1, 0.15) is 42.5 Å². The van der Waals surface area contributed by atoms with E-state index in [1.165, 1.54) is 12.8 Å². The highest BCUT2D eigenvalue weighted by Crippen LogP contribution is 2.18. The lowest BCUT2D eigenvalue weighted by Crippen LogP contribution is -2.27. The molecule has 1 unspecified atom stereocenters. The van der Waals surface area contributed by atoms with Crippen LogP contribution in [-0.4, -0.2) is 48.6 Å². The lowest BCUT2D eigenvalue weighted by atomic mass is 9.99. The van der Waals surface area contributed by atoms with Crippen molar-refractivity contribution in [3.63, 3.8) is 0 Å². The Hall–Kier alpha value is -1.62. The minimum atomic E-state index is 0.128. The van der Waals surface area contributed by atoms with Gasteiger partial charge >= 0.3 is 0 Å². The Bertz CT molecular complexity index is 494. The van der Waals surface area contributed by atoms with Crippen LogP contribution in [0.4, 0.5) is 5.82 Å². The molecule has 5 nitrogen and oxygen atoms in total. The van der Waals surface area contributed by atoms with Crippen LogP contribution in [-0.2, 0) is 4.74 Å². The van der Waals surface area contributed by atoms with Crippen LogP contribution in [0.15, 0.2) is 18.3 Å². The summed E-state index contributed by atoms with van der Waals surface area (Å²) in [6.07, 6.45) is 7.46. The van der Waals surface area contributed by atoms with E-state index in [0.29, 0.717) is 5.92 Å². The van der Waals surface area contributed by atoms with Crippen molar-refractivity contribution in [1.82, 2.24) is 9.88 Å². The van der Waals surface area contributed by atoms with Crippen LogP contribution in [0.25, 0.3) is 0 Å². The first-order valence-corrected chi connectivity index (χ1v) is 8.40. The summed E-state index contributed by atoms with van der Waals surface area (Å²) >= 11 is 0. The molecule has 22 heavy (non-hydrogen) atoms. The number of aromatic nitrogens is 1. The predicted octanol–water partition coefficient (Wildman–Crippen LogP) is 2.55. The first-order valence-electron chi connectivity index (χ1n) is 8.40. The van der Waals surface area contributed by atoms with Crippen molar-refractivity contribution in [2.24, 2.45) is 5.92 Å². The Balaban J connectivity index is 1.51. The quantitative estimate of drug-likeness (QED) is 0.908. The summed E-state index contributed by atoms with van der Waals surface area (Å²) in [6.45, 7) is 4.42. The van der Waals surface area contributed by atoms with Crippen molar-refractivity contribution in [2.75, 3.05) is 38.2 Å². The molecule has 3 heterocycles. The number of hydrogen-bond donors (Lipinski definition) is 1. The summed E-state index contributed by atoms with van der Waals surface area (Å²) in [6, 6.07) is 3.68. The molecular weight excluding hydrogens is 278 g/mol. The molecule has 0 aromatic carbocycles. The van der Waals surface area contributed by atoms with Gasteiger partial charge < -0.3 is 15.0 Å². The fourth-order valence-corrected chi connectivity index (χ4v) is 3.20. The summed E-state index contributed by atoms with van der Waals surface area (Å²) in [7, 11) is 0. The Morgan fingerprint density at radius 3 is 3.00 bits per heavy atom. The normalized spacial score (nSPS) is 21.8. The van der Waals surface area contributed by atoms with E-state index < -0.39 is 0 Å². The van der Waals surface area contributed by atoms with Gasteiger partial charge in [0.2, 0.25) is 0 Å². The molecule has 0 radical (unpaired) electrons.